The number of para-hydroxylation sites is 1. The average molecular weight is 495 g/mol. The van der Waals surface area contributed by atoms with Crippen LogP contribution in [0.15, 0.2) is 55.1 Å². The third kappa shape index (κ3) is 5.08. The number of ketones is 1. The van der Waals surface area contributed by atoms with E-state index >= 15 is 0 Å². The summed E-state index contributed by atoms with van der Waals surface area (Å²) in [6.07, 6.45) is 2.24. The molecule has 9 heteroatoms. The minimum Gasteiger partial charge on any atom is -0.493 e. The Labute approximate surface area is 208 Å². The third-order valence-corrected chi connectivity index (χ3v) is 6.15. The van der Waals surface area contributed by atoms with Gasteiger partial charge in [0.1, 0.15) is 0 Å². The van der Waals surface area contributed by atoms with Gasteiger partial charge in [-0.05, 0) is 42.3 Å². The summed E-state index contributed by atoms with van der Waals surface area (Å²) in [5.74, 6) is 0.773. The van der Waals surface area contributed by atoms with Crippen molar-refractivity contribution in [3.63, 3.8) is 0 Å². The van der Waals surface area contributed by atoms with Gasteiger partial charge in [0.05, 0.1) is 37.3 Å². The topological polar surface area (TPSA) is 94.5 Å². The molecule has 8 nitrogen and oxygen atoms in total. The van der Waals surface area contributed by atoms with Crippen LogP contribution in [0, 0.1) is 0 Å². The van der Waals surface area contributed by atoms with E-state index in [1.807, 2.05) is 36.4 Å². The molecule has 2 aromatic carbocycles. The lowest BCUT2D eigenvalue weighted by Crippen LogP contribution is -2.48. The molecule has 1 aliphatic rings. The summed E-state index contributed by atoms with van der Waals surface area (Å²) in [6, 6.07) is 12.5. The molecule has 4 rings (SSSR count). The van der Waals surface area contributed by atoms with Crippen LogP contribution >= 0.6 is 11.6 Å². The van der Waals surface area contributed by atoms with Crippen LogP contribution in [-0.4, -0.2) is 48.0 Å². The smallest absolute Gasteiger partial charge is 0.237 e. The normalized spacial score (nSPS) is 14.7. The van der Waals surface area contributed by atoms with Crippen LogP contribution < -0.4 is 20.1 Å². The SMILES string of the molecule is C=CC(=O)c1nc2c(n1-c1cccc(OC)c1OC)CNC(C(=O)NCCc1cccc(Cl)c1)C2. The van der Waals surface area contributed by atoms with E-state index in [4.69, 9.17) is 21.1 Å². The minimum absolute atomic E-state index is 0.122. The van der Waals surface area contributed by atoms with Crippen LogP contribution in [0.1, 0.15) is 27.6 Å². The van der Waals surface area contributed by atoms with E-state index in [-0.39, 0.29) is 17.5 Å². The number of imidazole rings is 1. The number of benzene rings is 2. The van der Waals surface area contributed by atoms with E-state index in [0.29, 0.717) is 53.8 Å². The number of rotatable bonds is 9. The Hall–Kier alpha value is -3.62. The van der Waals surface area contributed by atoms with E-state index in [9.17, 15) is 9.59 Å². The number of carbonyl (C=O) groups is 2. The van der Waals surface area contributed by atoms with Crippen molar-refractivity contribution in [1.29, 1.82) is 0 Å². The fraction of sp³-hybridized carbons (Fsp3) is 0.269. The van der Waals surface area contributed by atoms with Crippen LogP contribution in [0.2, 0.25) is 5.02 Å². The molecule has 1 amide bonds. The second kappa shape index (κ2) is 10.8. The number of amides is 1. The molecule has 1 atom stereocenters. The lowest BCUT2D eigenvalue weighted by Gasteiger charge is -2.24. The van der Waals surface area contributed by atoms with Gasteiger partial charge in [-0.15, -0.1) is 0 Å². The Morgan fingerprint density at radius 2 is 2.06 bits per heavy atom. The van der Waals surface area contributed by atoms with Crippen LogP contribution in [0.3, 0.4) is 0 Å². The molecular weight excluding hydrogens is 468 g/mol. The summed E-state index contributed by atoms with van der Waals surface area (Å²) in [4.78, 5) is 30.2. The van der Waals surface area contributed by atoms with Gasteiger partial charge in [0.2, 0.25) is 11.7 Å². The van der Waals surface area contributed by atoms with Gasteiger partial charge in [-0.3, -0.25) is 19.5 Å². The monoisotopic (exact) mass is 494 g/mol. The highest BCUT2D eigenvalue weighted by atomic mass is 35.5. The summed E-state index contributed by atoms with van der Waals surface area (Å²) < 4.78 is 12.8. The fourth-order valence-electron chi connectivity index (χ4n) is 4.22. The van der Waals surface area contributed by atoms with Crippen LogP contribution in [0.4, 0.5) is 0 Å². The van der Waals surface area contributed by atoms with E-state index < -0.39 is 6.04 Å². The summed E-state index contributed by atoms with van der Waals surface area (Å²) in [6.45, 7) is 4.45. The highest BCUT2D eigenvalue weighted by Gasteiger charge is 2.32. The Kier molecular flexibility index (Phi) is 7.53. The molecule has 3 aromatic rings. The fourth-order valence-corrected chi connectivity index (χ4v) is 4.44. The molecule has 182 valence electrons. The highest BCUT2D eigenvalue weighted by Crippen LogP contribution is 2.36. The van der Waals surface area contributed by atoms with Crippen molar-refractivity contribution < 1.29 is 19.1 Å². The zero-order valence-electron chi connectivity index (χ0n) is 19.6. The first kappa shape index (κ1) is 24.5. The molecule has 1 aliphatic heterocycles. The quantitative estimate of drug-likeness (QED) is 0.350. The maximum absolute atomic E-state index is 12.8. The molecule has 0 aliphatic carbocycles. The predicted molar refractivity (Wildman–Crippen MR) is 134 cm³/mol. The van der Waals surface area contributed by atoms with Crippen molar-refractivity contribution >= 4 is 23.3 Å². The van der Waals surface area contributed by atoms with Gasteiger partial charge >= 0.3 is 0 Å². The minimum atomic E-state index is -0.468. The Morgan fingerprint density at radius 3 is 2.77 bits per heavy atom. The molecule has 1 aromatic heterocycles. The number of fused-ring (bicyclic) bond motifs is 1. The molecule has 0 saturated heterocycles. The van der Waals surface area contributed by atoms with Crippen LogP contribution in [0.25, 0.3) is 5.69 Å². The van der Waals surface area contributed by atoms with Gasteiger partial charge in [-0.1, -0.05) is 36.4 Å². The number of allylic oxidation sites excluding steroid dienone is 1. The van der Waals surface area contributed by atoms with Gasteiger partial charge in [-0.25, -0.2) is 4.98 Å². The Bertz CT molecular complexity index is 1270. The predicted octanol–water partition coefficient (Wildman–Crippen LogP) is 3.28. The summed E-state index contributed by atoms with van der Waals surface area (Å²) in [7, 11) is 3.10. The van der Waals surface area contributed by atoms with Crippen molar-refractivity contribution in [2.75, 3.05) is 20.8 Å². The highest BCUT2D eigenvalue weighted by molar-refractivity contribution is 6.30. The zero-order valence-corrected chi connectivity index (χ0v) is 20.4. The molecule has 35 heavy (non-hydrogen) atoms. The number of hydrogen-bond donors (Lipinski definition) is 2. The number of methoxy groups -OCH3 is 2. The number of aromatic nitrogens is 2. The summed E-state index contributed by atoms with van der Waals surface area (Å²) in [5, 5.41) is 6.92. The van der Waals surface area contributed by atoms with Crippen molar-refractivity contribution in [1.82, 2.24) is 20.2 Å². The zero-order chi connectivity index (χ0) is 24.9. The van der Waals surface area contributed by atoms with Gasteiger partial charge in [0.25, 0.3) is 0 Å². The lowest BCUT2D eigenvalue weighted by atomic mass is 10.0. The van der Waals surface area contributed by atoms with E-state index in [1.165, 1.54) is 6.08 Å². The third-order valence-electron chi connectivity index (χ3n) is 5.92. The van der Waals surface area contributed by atoms with Crippen LogP contribution in [-0.2, 0) is 24.2 Å². The molecule has 0 radical (unpaired) electrons. The first-order valence-electron chi connectivity index (χ1n) is 11.2. The van der Waals surface area contributed by atoms with Gasteiger partial charge in [0.15, 0.2) is 17.3 Å². The van der Waals surface area contributed by atoms with Crippen LogP contribution in [0.5, 0.6) is 11.5 Å². The molecule has 2 heterocycles. The molecule has 0 fully saturated rings. The maximum atomic E-state index is 12.8. The van der Waals surface area contributed by atoms with Gasteiger partial charge < -0.3 is 14.8 Å². The number of hydrogen-bond acceptors (Lipinski definition) is 6. The van der Waals surface area contributed by atoms with Crippen molar-refractivity contribution in [2.45, 2.75) is 25.4 Å². The standard InChI is InChI=1S/C26H27ClN4O4/c1-4-22(32)25-30-18-14-19(26(33)28-12-11-16-7-5-8-17(27)13-16)29-15-21(18)31(25)20-9-6-10-23(34-2)24(20)35-3/h4-10,13,19,29H,1,11-12,14-15H2,2-3H3,(H,28,33). The molecule has 1 unspecified atom stereocenters. The number of carbonyl (C=O) groups excluding carboxylic acids is 2. The number of ether oxygens (including phenoxy) is 2. The lowest BCUT2D eigenvalue weighted by molar-refractivity contribution is -0.123. The summed E-state index contributed by atoms with van der Waals surface area (Å²) >= 11 is 6.03. The number of nitrogens with zero attached hydrogens (tertiary/aromatic N) is 2. The molecule has 2 N–H and O–H groups in total. The Balaban J connectivity index is 1.57. The van der Waals surface area contributed by atoms with E-state index in [1.54, 1.807) is 24.9 Å². The number of halogens is 1. The molecular formula is C26H27ClN4O4. The van der Waals surface area contributed by atoms with E-state index in [0.717, 1.165) is 11.3 Å². The van der Waals surface area contributed by atoms with Crippen molar-refractivity contribution in [3.05, 3.63) is 82.9 Å². The van der Waals surface area contributed by atoms with Gasteiger partial charge in [0, 0.05) is 24.5 Å². The molecule has 0 saturated carbocycles. The first-order chi connectivity index (χ1) is 17.0. The largest absolute Gasteiger partial charge is 0.493 e. The molecule has 0 spiro atoms. The van der Waals surface area contributed by atoms with Gasteiger partial charge in [-0.2, -0.15) is 0 Å². The first-order valence-corrected chi connectivity index (χ1v) is 11.6. The maximum Gasteiger partial charge on any atom is 0.237 e. The molecule has 0 bridgehead atoms. The van der Waals surface area contributed by atoms with Crippen molar-refractivity contribution in [2.24, 2.45) is 0 Å². The second-order valence-corrected chi connectivity index (χ2v) is 8.49. The second-order valence-electron chi connectivity index (χ2n) is 8.05. The Morgan fingerprint density at radius 1 is 1.26 bits per heavy atom. The van der Waals surface area contributed by atoms with E-state index in [2.05, 4.69) is 22.2 Å². The number of nitrogens with one attached hydrogen (secondary N) is 2. The van der Waals surface area contributed by atoms with Crippen molar-refractivity contribution in [3.8, 4) is 17.2 Å². The average Bonchev–Trinajstić information content (AvgIpc) is 3.26. The summed E-state index contributed by atoms with van der Waals surface area (Å²) in [5.41, 5.74) is 3.13.